The summed E-state index contributed by atoms with van der Waals surface area (Å²) in [4.78, 5) is 28.4. The normalized spacial score (nSPS) is 10.4. The summed E-state index contributed by atoms with van der Waals surface area (Å²) in [6, 6.07) is 12.0. The van der Waals surface area contributed by atoms with Gasteiger partial charge in [-0.05, 0) is 50.2 Å². The van der Waals surface area contributed by atoms with E-state index < -0.39 is 5.97 Å². The van der Waals surface area contributed by atoms with E-state index in [4.69, 9.17) is 4.74 Å². The number of nitrogens with one attached hydrogen (secondary N) is 1. The first-order valence-electron chi connectivity index (χ1n) is 8.14. The Balaban J connectivity index is 1.75. The number of rotatable bonds is 5. The standard InChI is InChI=1S/C19H18N4O3/c1-3-26-19(25)14-7-9-15(10-8-14)22-18(24)16-12-21-23(13(16)2)17-6-4-5-11-20-17/h4-12H,3H2,1-2H3,(H,22,24). The van der Waals surface area contributed by atoms with Gasteiger partial charge in [0.1, 0.15) is 0 Å². The second-order valence-electron chi connectivity index (χ2n) is 5.50. The summed E-state index contributed by atoms with van der Waals surface area (Å²) in [6.45, 7) is 3.87. The minimum absolute atomic E-state index is 0.284. The van der Waals surface area contributed by atoms with Gasteiger partial charge in [-0.15, -0.1) is 0 Å². The maximum Gasteiger partial charge on any atom is 0.338 e. The molecule has 3 aromatic rings. The second kappa shape index (κ2) is 7.60. The number of aromatic nitrogens is 3. The summed E-state index contributed by atoms with van der Waals surface area (Å²) in [7, 11) is 0. The van der Waals surface area contributed by atoms with Crippen molar-refractivity contribution in [2.24, 2.45) is 0 Å². The van der Waals surface area contributed by atoms with Gasteiger partial charge in [0.15, 0.2) is 5.82 Å². The Labute approximate surface area is 150 Å². The van der Waals surface area contributed by atoms with Gasteiger partial charge < -0.3 is 10.1 Å². The van der Waals surface area contributed by atoms with Crippen LogP contribution in [0, 0.1) is 6.92 Å². The summed E-state index contributed by atoms with van der Waals surface area (Å²) in [6.07, 6.45) is 3.17. The van der Waals surface area contributed by atoms with E-state index in [1.807, 2.05) is 18.2 Å². The molecule has 0 aliphatic rings. The van der Waals surface area contributed by atoms with E-state index >= 15 is 0 Å². The predicted octanol–water partition coefficient (Wildman–Crippen LogP) is 3.00. The lowest BCUT2D eigenvalue weighted by molar-refractivity contribution is 0.0526. The van der Waals surface area contributed by atoms with Crippen LogP contribution in [-0.4, -0.2) is 33.2 Å². The first-order chi connectivity index (χ1) is 12.6. The molecule has 0 fully saturated rings. The molecule has 1 N–H and O–H groups in total. The van der Waals surface area contributed by atoms with Crippen LogP contribution in [0.5, 0.6) is 0 Å². The molecule has 0 bridgehead atoms. The number of hydrogen-bond donors (Lipinski definition) is 1. The molecule has 2 aromatic heterocycles. The average Bonchev–Trinajstić information content (AvgIpc) is 3.05. The Hall–Kier alpha value is -3.48. The molecule has 0 saturated carbocycles. The highest BCUT2D eigenvalue weighted by molar-refractivity contribution is 6.05. The molecule has 0 aliphatic carbocycles. The molecule has 7 nitrogen and oxygen atoms in total. The molecule has 0 spiro atoms. The van der Waals surface area contributed by atoms with Crippen molar-refractivity contribution in [3.8, 4) is 5.82 Å². The largest absolute Gasteiger partial charge is 0.462 e. The number of anilines is 1. The van der Waals surface area contributed by atoms with Crippen molar-refractivity contribution in [3.05, 3.63) is 71.7 Å². The van der Waals surface area contributed by atoms with Gasteiger partial charge in [0.05, 0.1) is 29.6 Å². The van der Waals surface area contributed by atoms with Crippen LogP contribution in [0.4, 0.5) is 5.69 Å². The molecule has 3 rings (SSSR count). The fourth-order valence-corrected chi connectivity index (χ4v) is 2.45. The minimum Gasteiger partial charge on any atom is -0.462 e. The average molecular weight is 350 g/mol. The Morgan fingerprint density at radius 1 is 1.15 bits per heavy atom. The highest BCUT2D eigenvalue weighted by atomic mass is 16.5. The van der Waals surface area contributed by atoms with Crippen LogP contribution in [-0.2, 0) is 4.74 Å². The third-order valence-corrected chi connectivity index (χ3v) is 3.77. The third-order valence-electron chi connectivity index (χ3n) is 3.77. The number of ether oxygens (including phenoxy) is 1. The van der Waals surface area contributed by atoms with Gasteiger partial charge in [-0.25, -0.2) is 14.5 Å². The number of nitrogens with zero attached hydrogens (tertiary/aromatic N) is 3. The number of carbonyl (C=O) groups is 2. The van der Waals surface area contributed by atoms with Crippen LogP contribution in [0.1, 0.15) is 33.3 Å². The van der Waals surface area contributed by atoms with Crippen LogP contribution >= 0.6 is 0 Å². The second-order valence-corrected chi connectivity index (χ2v) is 5.50. The molecule has 2 heterocycles. The maximum atomic E-state index is 12.5. The van der Waals surface area contributed by atoms with Crippen molar-refractivity contribution in [2.75, 3.05) is 11.9 Å². The Bertz CT molecular complexity index is 918. The van der Waals surface area contributed by atoms with Crippen molar-refractivity contribution in [2.45, 2.75) is 13.8 Å². The lowest BCUT2D eigenvalue weighted by Gasteiger charge is -2.07. The van der Waals surface area contributed by atoms with Crippen molar-refractivity contribution in [1.29, 1.82) is 0 Å². The van der Waals surface area contributed by atoms with Gasteiger partial charge in [0, 0.05) is 11.9 Å². The van der Waals surface area contributed by atoms with Gasteiger partial charge in [-0.3, -0.25) is 4.79 Å². The Morgan fingerprint density at radius 2 is 1.92 bits per heavy atom. The Morgan fingerprint density at radius 3 is 2.58 bits per heavy atom. The van der Waals surface area contributed by atoms with Crippen molar-refractivity contribution in [1.82, 2.24) is 14.8 Å². The number of carbonyl (C=O) groups excluding carboxylic acids is 2. The molecule has 1 amide bonds. The smallest absolute Gasteiger partial charge is 0.338 e. The highest BCUT2D eigenvalue weighted by Crippen LogP contribution is 2.16. The predicted molar refractivity (Wildman–Crippen MR) is 96.4 cm³/mol. The summed E-state index contributed by atoms with van der Waals surface area (Å²) in [5.41, 5.74) is 2.14. The van der Waals surface area contributed by atoms with E-state index in [1.165, 1.54) is 6.20 Å². The van der Waals surface area contributed by atoms with E-state index in [-0.39, 0.29) is 5.91 Å². The van der Waals surface area contributed by atoms with E-state index in [0.29, 0.717) is 34.9 Å². The minimum atomic E-state index is -0.391. The van der Waals surface area contributed by atoms with Gasteiger partial charge in [0.25, 0.3) is 5.91 Å². The SMILES string of the molecule is CCOC(=O)c1ccc(NC(=O)c2cnn(-c3ccccn3)c2C)cc1. The molecular weight excluding hydrogens is 332 g/mol. The highest BCUT2D eigenvalue weighted by Gasteiger charge is 2.16. The van der Waals surface area contributed by atoms with E-state index in [0.717, 1.165) is 0 Å². The molecule has 0 aliphatic heterocycles. The molecule has 0 atom stereocenters. The number of hydrogen-bond acceptors (Lipinski definition) is 5. The van der Waals surface area contributed by atoms with Crippen LogP contribution in [0.2, 0.25) is 0 Å². The van der Waals surface area contributed by atoms with Crippen molar-refractivity contribution < 1.29 is 14.3 Å². The molecular formula is C19H18N4O3. The van der Waals surface area contributed by atoms with Gasteiger partial charge in [-0.1, -0.05) is 6.07 Å². The van der Waals surface area contributed by atoms with Crippen LogP contribution in [0.3, 0.4) is 0 Å². The molecule has 7 heteroatoms. The first kappa shape index (κ1) is 17.3. The molecule has 132 valence electrons. The summed E-state index contributed by atoms with van der Waals surface area (Å²) in [5, 5.41) is 7.04. The zero-order chi connectivity index (χ0) is 18.5. The fourth-order valence-electron chi connectivity index (χ4n) is 2.45. The fraction of sp³-hybridized carbons (Fsp3) is 0.158. The third kappa shape index (κ3) is 3.61. The number of pyridine rings is 1. The summed E-state index contributed by atoms with van der Waals surface area (Å²) in [5.74, 6) is -0.0331. The maximum absolute atomic E-state index is 12.5. The zero-order valence-electron chi connectivity index (χ0n) is 14.5. The van der Waals surface area contributed by atoms with E-state index in [1.54, 1.807) is 49.0 Å². The monoisotopic (exact) mass is 350 g/mol. The molecule has 0 radical (unpaired) electrons. The number of benzene rings is 1. The zero-order valence-corrected chi connectivity index (χ0v) is 14.5. The number of esters is 1. The van der Waals surface area contributed by atoms with Crippen molar-refractivity contribution in [3.63, 3.8) is 0 Å². The first-order valence-corrected chi connectivity index (χ1v) is 8.14. The molecule has 0 saturated heterocycles. The topological polar surface area (TPSA) is 86.1 Å². The quantitative estimate of drug-likeness (QED) is 0.715. The van der Waals surface area contributed by atoms with Gasteiger partial charge >= 0.3 is 5.97 Å². The van der Waals surface area contributed by atoms with E-state index in [9.17, 15) is 9.59 Å². The van der Waals surface area contributed by atoms with Gasteiger partial charge in [0.2, 0.25) is 0 Å². The van der Waals surface area contributed by atoms with Crippen LogP contribution in [0.15, 0.2) is 54.9 Å². The number of amides is 1. The Kier molecular flexibility index (Phi) is 5.07. The molecule has 26 heavy (non-hydrogen) atoms. The lowest BCUT2D eigenvalue weighted by Crippen LogP contribution is -2.13. The van der Waals surface area contributed by atoms with Crippen LogP contribution in [0.25, 0.3) is 5.82 Å². The van der Waals surface area contributed by atoms with Crippen molar-refractivity contribution >= 4 is 17.6 Å². The molecule has 1 aromatic carbocycles. The summed E-state index contributed by atoms with van der Waals surface area (Å²) < 4.78 is 6.55. The molecule has 0 unspecified atom stereocenters. The lowest BCUT2D eigenvalue weighted by atomic mass is 10.2. The van der Waals surface area contributed by atoms with Gasteiger partial charge in [-0.2, -0.15) is 5.10 Å². The van der Waals surface area contributed by atoms with Crippen LogP contribution < -0.4 is 5.32 Å². The summed E-state index contributed by atoms with van der Waals surface area (Å²) >= 11 is 0. The van der Waals surface area contributed by atoms with E-state index in [2.05, 4.69) is 15.4 Å².